The van der Waals surface area contributed by atoms with Crippen LogP contribution in [0.3, 0.4) is 0 Å². The molecule has 0 atom stereocenters. The molecule has 0 N–H and O–H groups in total. The van der Waals surface area contributed by atoms with Crippen LogP contribution in [0, 0.1) is 5.82 Å². The molecule has 0 unspecified atom stereocenters. The summed E-state index contributed by atoms with van der Waals surface area (Å²) in [5.74, 6) is -0.533. The van der Waals surface area contributed by atoms with Gasteiger partial charge in [0.2, 0.25) is 0 Å². The minimum atomic E-state index is -0.533. The third-order valence-corrected chi connectivity index (χ3v) is 2.33. The average Bonchev–Trinajstić information content (AvgIpc) is 2.64. The monoisotopic (exact) mass is 231 g/mol. The number of nitrogens with zero attached hydrogens (tertiary/aromatic N) is 1. The molecule has 72 valence electrons. The maximum Gasteiger partial charge on any atom is 0.142 e. The first-order chi connectivity index (χ1) is 6.68. The molecule has 0 aliphatic heterocycles. The summed E-state index contributed by atoms with van der Waals surface area (Å²) in [7, 11) is 0. The van der Waals surface area contributed by atoms with Crippen LogP contribution in [-0.2, 0) is 0 Å². The van der Waals surface area contributed by atoms with Gasteiger partial charge >= 0.3 is 0 Å². The number of benzene rings is 1. The molecule has 2 rings (SSSR count). The lowest BCUT2D eigenvalue weighted by molar-refractivity contribution is 0.422. The molecule has 0 aliphatic rings. The van der Waals surface area contributed by atoms with Crippen molar-refractivity contribution < 1.29 is 8.91 Å². The van der Waals surface area contributed by atoms with Crippen molar-refractivity contribution >= 4 is 23.2 Å². The predicted octanol–water partition coefficient (Wildman–Crippen LogP) is 3.79. The molecule has 1 heterocycles. The number of hydrogen-bond acceptors (Lipinski definition) is 2. The Kier molecular flexibility index (Phi) is 2.44. The Hall–Kier alpha value is -1.06. The minimum absolute atomic E-state index is 0.0118. The van der Waals surface area contributed by atoms with E-state index in [0.717, 1.165) is 0 Å². The summed E-state index contributed by atoms with van der Waals surface area (Å²) in [4.78, 5) is 0. The lowest BCUT2D eigenvalue weighted by atomic mass is 10.1. The van der Waals surface area contributed by atoms with E-state index in [1.807, 2.05) is 0 Å². The van der Waals surface area contributed by atoms with Crippen LogP contribution < -0.4 is 0 Å². The van der Waals surface area contributed by atoms with Gasteiger partial charge in [-0.1, -0.05) is 28.4 Å². The second-order valence-corrected chi connectivity index (χ2v) is 3.45. The average molecular weight is 232 g/mol. The standard InChI is InChI=1S/C9H4Cl2FNO/c10-6-4-7(11)8(12)3-5(6)9-1-2-14-13-9/h1-4H. The topological polar surface area (TPSA) is 26.0 Å². The van der Waals surface area contributed by atoms with Crippen LogP contribution in [0.1, 0.15) is 0 Å². The first-order valence-corrected chi connectivity index (χ1v) is 4.49. The molecular formula is C9H4Cl2FNO. The molecule has 0 saturated carbocycles. The molecule has 5 heteroatoms. The maximum atomic E-state index is 13.1. The smallest absolute Gasteiger partial charge is 0.142 e. The molecule has 2 nitrogen and oxygen atoms in total. The first kappa shape index (κ1) is 9.49. The molecule has 0 fully saturated rings. The molecule has 0 bridgehead atoms. The zero-order chi connectivity index (χ0) is 10.1. The van der Waals surface area contributed by atoms with Gasteiger partial charge in [0.1, 0.15) is 17.8 Å². The highest BCUT2D eigenvalue weighted by atomic mass is 35.5. The summed E-state index contributed by atoms with van der Waals surface area (Å²) < 4.78 is 17.7. The quantitative estimate of drug-likeness (QED) is 0.699. The van der Waals surface area contributed by atoms with Gasteiger partial charge in [-0.25, -0.2) is 4.39 Å². The fourth-order valence-corrected chi connectivity index (χ4v) is 1.55. The Morgan fingerprint density at radius 2 is 2.00 bits per heavy atom. The summed E-state index contributed by atoms with van der Waals surface area (Å²) >= 11 is 11.4. The van der Waals surface area contributed by atoms with Crippen molar-refractivity contribution in [1.82, 2.24) is 5.16 Å². The fraction of sp³-hybridized carbons (Fsp3) is 0. The SMILES string of the molecule is Fc1cc(-c2ccon2)c(Cl)cc1Cl. The third kappa shape index (κ3) is 1.61. The van der Waals surface area contributed by atoms with Gasteiger partial charge < -0.3 is 4.52 Å². The zero-order valence-corrected chi connectivity index (χ0v) is 8.31. The van der Waals surface area contributed by atoms with E-state index >= 15 is 0 Å². The Morgan fingerprint density at radius 3 is 2.64 bits per heavy atom. The van der Waals surface area contributed by atoms with Crippen molar-refractivity contribution in [2.45, 2.75) is 0 Å². The number of halogens is 3. The molecule has 1 aromatic carbocycles. The summed E-state index contributed by atoms with van der Waals surface area (Å²) in [6.07, 6.45) is 1.39. The highest BCUT2D eigenvalue weighted by Gasteiger charge is 2.10. The second-order valence-electron chi connectivity index (χ2n) is 2.63. The molecule has 0 amide bonds. The van der Waals surface area contributed by atoms with Gasteiger partial charge in [0.25, 0.3) is 0 Å². The summed E-state index contributed by atoms with van der Waals surface area (Å²) in [6.45, 7) is 0. The number of rotatable bonds is 1. The van der Waals surface area contributed by atoms with E-state index < -0.39 is 5.82 Å². The van der Waals surface area contributed by atoms with E-state index in [4.69, 9.17) is 23.2 Å². The van der Waals surface area contributed by atoms with Gasteiger partial charge in [0.05, 0.1) is 10.0 Å². The summed E-state index contributed by atoms with van der Waals surface area (Å²) in [5, 5.41) is 3.98. The lowest BCUT2D eigenvalue weighted by Gasteiger charge is -2.01. The fourth-order valence-electron chi connectivity index (χ4n) is 1.07. The molecule has 0 spiro atoms. The van der Waals surface area contributed by atoms with Gasteiger partial charge in [-0.3, -0.25) is 0 Å². The van der Waals surface area contributed by atoms with Crippen molar-refractivity contribution in [3.05, 3.63) is 40.3 Å². The van der Waals surface area contributed by atoms with Crippen LogP contribution in [-0.4, -0.2) is 5.16 Å². The normalized spacial score (nSPS) is 10.5. The second kappa shape index (κ2) is 3.59. The minimum Gasteiger partial charge on any atom is -0.364 e. The Balaban J connectivity index is 2.60. The largest absolute Gasteiger partial charge is 0.364 e. The summed E-state index contributed by atoms with van der Waals surface area (Å²) in [6, 6.07) is 4.15. The molecule has 2 aromatic rings. The van der Waals surface area contributed by atoms with Crippen molar-refractivity contribution in [1.29, 1.82) is 0 Å². The van der Waals surface area contributed by atoms with Crippen LogP contribution in [0.4, 0.5) is 4.39 Å². The van der Waals surface area contributed by atoms with Crippen LogP contribution in [0.25, 0.3) is 11.3 Å². The van der Waals surface area contributed by atoms with Gasteiger partial charge in [0, 0.05) is 11.6 Å². The Labute approximate surface area is 89.2 Å². The van der Waals surface area contributed by atoms with Crippen molar-refractivity contribution in [3.8, 4) is 11.3 Å². The lowest BCUT2D eigenvalue weighted by Crippen LogP contribution is -1.83. The van der Waals surface area contributed by atoms with Crippen LogP contribution in [0.2, 0.25) is 10.0 Å². The molecule has 0 radical (unpaired) electrons. The number of aromatic nitrogens is 1. The van der Waals surface area contributed by atoms with Crippen LogP contribution in [0.5, 0.6) is 0 Å². The number of hydrogen-bond donors (Lipinski definition) is 0. The van der Waals surface area contributed by atoms with E-state index in [0.29, 0.717) is 16.3 Å². The summed E-state index contributed by atoms with van der Waals surface area (Å²) in [5.41, 5.74) is 0.938. The Morgan fingerprint density at radius 1 is 1.21 bits per heavy atom. The molecular weight excluding hydrogens is 228 g/mol. The van der Waals surface area contributed by atoms with Crippen molar-refractivity contribution in [3.63, 3.8) is 0 Å². The first-order valence-electron chi connectivity index (χ1n) is 3.74. The van der Waals surface area contributed by atoms with E-state index in [1.165, 1.54) is 18.4 Å². The van der Waals surface area contributed by atoms with Crippen LogP contribution in [0.15, 0.2) is 29.0 Å². The predicted molar refractivity (Wildman–Crippen MR) is 51.9 cm³/mol. The zero-order valence-electron chi connectivity index (χ0n) is 6.80. The molecule has 0 aliphatic carbocycles. The van der Waals surface area contributed by atoms with Gasteiger partial charge in [-0.05, 0) is 12.1 Å². The van der Waals surface area contributed by atoms with Gasteiger partial charge in [0.15, 0.2) is 0 Å². The van der Waals surface area contributed by atoms with Crippen LogP contribution >= 0.6 is 23.2 Å². The molecule has 0 saturated heterocycles. The van der Waals surface area contributed by atoms with Gasteiger partial charge in [-0.2, -0.15) is 0 Å². The highest BCUT2D eigenvalue weighted by molar-refractivity contribution is 6.36. The van der Waals surface area contributed by atoms with E-state index in [-0.39, 0.29) is 5.02 Å². The Bertz CT molecular complexity index is 456. The van der Waals surface area contributed by atoms with Gasteiger partial charge in [-0.15, -0.1) is 0 Å². The molecule has 1 aromatic heterocycles. The highest BCUT2D eigenvalue weighted by Crippen LogP contribution is 2.31. The third-order valence-electron chi connectivity index (χ3n) is 1.72. The molecule has 14 heavy (non-hydrogen) atoms. The maximum absolute atomic E-state index is 13.1. The van der Waals surface area contributed by atoms with E-state index in [2.05, 4.69) is 9.68 Å². The van der Waals surface area contributed by atoms with Crippen molar-refractivity contribution in [2.24, 2.45) is 0 Å². The van der Waals surface area contributed by atoms with E-state index in [9.17, 15) is 4.39 Å². The van der Waals surface area contributed by atoms with E-state index in [1.54, 1.807) is 6.07 Å². The van der Waals surface area contributed by atoms with Crippen molar-refractivity contribution in [2.75, 3.05) is 0 Å².